The van der Waals surface area contributed by atoms with Gasteiger partial charge in [0.1, 0.15) is 0 Å². The molecule has 2 aromatic rings. The van der Waals surface area contributed by atoms with Crippen LogP contribution in [0.15, 0.2) is 28.2 Å². The lowest BCUT2D eigenvalue weighted by molar-refractivity contribution is 0.581. The molecule has 0 aliphatic heterocycles. The minimum Gasteiger partial charge on any atom is -0.313 e. The number of hydrogen-bond donors (Lipinski definition) is 1. The zero-order chi connectivity index (χ0) is 14.4. The van der Waals surface area contributed by atoms with E-state index in [1.165, 1.54) is 32.3 Å². The summed E-state index contributed by atoms with van der Waals surface area (Å²) >= 11 is 5.96. The van der Waals surface area contributed by atoms with Gasteiger partial charge in [-0.05, 0) is 12.1 Å². The van der Waals surface area contributed by atoms with Crippen molar-refractivity contribution in [3.63, 3.8) is 0 Å². The Labute approximate surface area is 116 Å². The monoisotopic (exact) mass is 296 g/mol. The van der Waals surface area contributed by atoms with Crippen molar-refractivity contribution in [2.45, 2.75) is 23.4 Å². The van der Waals surface area contributed by atoms with Crippen molar-refractivity contribution < 1.29 is 8.42 Å². The van der Waals surface area contributed by atoms with Crippen molar-refractivity contribution in [2.75, 3.05) is 0 Å². The molecule has 0 saturated heterocycles. The van der Waals surface area contributed by atoms with Crippen molar-refractivity contribution in [3.05, 3.63) is 33.8 Å². The van der Waals surface area contributed by atoms with Gasteiger partial charge in [0.15, 0.2) is 9.84 Å². The van der Waals surface area contributed by atoms with E-state index in [-0.39, 0.29) is 15.3 Å². The molecule has 0 aliphatic rings. The summed E-state index contributed by atoms with van der Waals surface area (Å²) in [4.78, 5) is 17.8. The molecule has 0 saturated carbocycles. The minimum atomic E-state index is -3.85. The van der Waals surface area contributed by atoms with E-state index in [1.54, 1.807) is 0 Å². The first-order chi connectivity index (χ1) is 8.64. The van der Waals surface area contributed by atoms with Crippen LogP contribution in [-0.4, -0.2) is 30.9 Å². The first kappa shape index (κ1) is 14.1. The van der Waals surface area contributed by atoms with Crippen LogP contribution < -0.4 is 5.56 Å². The summed E-state index contributed by atoms with van der Waals surface area (Å²) in [7, 11) is 1.80. The number of aromatic amines is 1. The van der Waals surface area contributed by atoms with Crippen LogP contribution >= 0.6 is 11.6 Å². The molecule has 0 spiro atoms. The summed E-state index contributed by atoms with van der Waals surface area (Å²) in [5, 5.41) is 0.138. The van der Waals surface area contributed by atoms with Gasteiger partial charge >= 0.3 is 0 Å². The fraction of sp³-hybridized carbons (Fsp3) is 0.273. The second-order valence-corrected chi connectivity index (χ2v) is 7.54. The van der Waals surface area contributed by atoms with Gasteiger partial charge in [-0.15, -0.1) is 0 Å². The lowest BCUT2D eigenvalue weighted by Crippen LogP contribution is -2.32. The number of fused-ring (bicyclic) bond motifs is 1. The van der Waals surface area contributed by atoms with E-state index in [0.717, 1.165) is 0 Å². The molecule has 8 heteroatoms. The lowest BCUT2D eigenvalue weighted by atomic mass is 9.91. The molecule has 2 rings (SSSR count). The van der Waals surface area contributed by atoms with Gasteiger partial charge < -0.3 is 4.98 Å². The Kier molecular flexibility index (Phi) is 3.22. The maximum Gasteiger partial charge on any atom is 0.258 e. The average Bonchev–Trinajstić information content (AvgIpc) is 2.26. The lowest BCUT2D eigenvalue weighted by Gasteiger charge is -2.20. The highest BCUT2D eigenvalue weighted by atomic mass is 35.5. The van der Waals surface area contributed by atoms with Crippen LogP contribution in [0.3, 0.4) is 0 Å². The van der Waals surface area contributed by atoms with Crippen LogP contribution in [0.4, 0.5) is 0 Å². The molecule has 1 aromatic carbocycles. The number of nitrogens with one attached hydrogen (secondary N) is 1. The van der Waals surface area contributed by atoms with Crippen LogP contribution in [-0.2, 0) is 9.84 Å². The molecule has 5 nitrogen and oxygen atoms in total. The summed E-state index contributed by atoms with van der Waals surface area (Å²) in [5.74, 6) is 0. The van der Waals surface area contributed by atoms with E-state index in [9.17, 15) is 13.2 Å². The highest BCUT2D eigenvalue weighted by Crippen LogP contribution is 2.31. The molecule has 1 heterocycles. The maximum atomic E-state index is 12.3. The van der Waals surface area contributed by atoms with E-state index in [2.05, 4.69) is 9.97 Å². The Hall–Kier alpha value is -1.34. The van der Waals surface area contributed by atoms with Crippen LogP contribution in [0.1, 0.15) is 13.8 Å². The molecule has 0 fully saturated rings. The number of hydrogen-bond acceptors (Lipinski definition) is 4. The number of benzene rings is 1. The molecule has 1 N–H and O–H groups in total. The van der Waals surface area contributed by atoms with Gasteiger partial charge in [-0.1, -0.05) is 25.4 Å². The molecule has 0 bridgehead atoms. The minimum absolute atomic E-state index is 0.0101. The van der Waals surface area contributed by atoms with Crippen LogP contribution in [0.5, 0.6) is 0 Å². The van der Waals surface area contributed by atoms with Crippen molar-refractivity contribution in [2.24, 2.45) is 0 Å². The van der Waals surface area contributed by atoms with Crippen molar-refractivity contribution in [1.29, 1.82) is 0 Å². The fourth-order valence-corrected chi connectivity index (χ4v) is 3.18. The Morgan fingerprint density at radius 2 is 2.00 bits per heavy atom. The van der Waals surface area contributed by atoms with Gasteiger partial charge in [-0.2, -0.15) is 0 Å². The van der Waals surface area contributed by atoms with E-state index >= 15 is 0 Å². The third-order valence-electron chi connectivity index (χ3n) is 2.68. The number of halogens is 1. The van der Waals surface area contributed by atoms with Crippen LogP contribution in [0.25, 0.3) is 10.9 Å². The predicted molar refractivity (Wildman–Crippen MR) is 74.4 cm³/mol. The van der Waals surface area contributed by atoms with Gasteiger partial charge in [0.2, 0.25) is 0 Å². The smallest absolute Gasteiger partial charge is 0.258 e. The molecular formula is C11H10BClN2O3S. The second kappa shape index (κ2) is 4.35. The summed E-state index contributed by atoms with van der Waals surface area (Å²) in [6.45, 7) is 2.71. The van der Waals surface area contributed by atoms with Crippen LogP contribution in [0, 0.1) is 0 Å². The zero-order valence-electron chi connectivity index (χ0n) is 10.3. The van der Waals surface area contributed by atoms with Gasteiger partial charge in [0.25, 0.3) is 5.56 Å². The molecule has 98 valence electrons. The average molecular weight is 297 g/mol. The fourth-order valence-electron chi connectivity index (χ4n) is 1.56. The Morgan fingerprint density at radius 1 is 1.37 bits per heavy atom. The first-order valence-electron chi connectivity index (χ1n) is 5.35. The zero-order valence-corrected chi connectivity index (χ0v) is 11.8. The van der Waals surface area contributed by atoms with Crippen molar-refractivity contribution in [3.8, 4) is 0 Å². The van der Waals surface area contributed by atoms with Crippen molar-refractivity contribution >= 4 is 40.2 Å². The molecule has 2 radical (unpaired) electrons. The number of rotatable bonds is 2. The van der Waals surface area contributed by atoms with Crippen molar-refractivity contribution in [1.82, 2.24) is 9.97 Å². The Morgan fingerprint density at radius 3 is 2.58 bits per heavy atom. The topological polar surface area (TPSA) is 79.9 Å². The third kappa shape index (κ3) is 2.28. The van der Waals surface area contributed by atoms with E-state index in [1.807, 2.05) is 0 Å². The number of sulfone groups is 1. The SMILES string of the molecule is [B]C(C)(C)S(=O)(=O)c1cc2c(=O)[nH]cnc2cc1Cl. The highest BCUT2D eigenvalue weighted by Gasteiger charge is 2.32. The maximum absolute atomic E-state index is 12.3. The number of aromatic nitrogens is 2. The van der Waals surface area contributed by atoms with Gasteiger partial charge in [-0.3, -0.25) is 4.79 Å². The summed E-state index contributed by atoms with van der Waals surface area (Å²) in [6.07, 6.45) is 1.22. The quantitative estimate of drug-likeness (QED) is 0.846. The van der Waals surface area contributed by atoms with Gasteiger partial charge in [0.05, 0.1) is 35.0 Å². The van der Waals surface area contributed by atoms with E-state index in [0.29, 0.717) is 5.52 Å². The van der Waals surface area contributed by atoms with E-state index in [4.69, 9.17) is 19.4 Å². The molecule has 0 unspecified atom stereocenters. The van der Waals surface area contributed by atoms with E-state index < -0.39 is 20.0 Å². The normalized spacial score (nSPS) is 12.8. The van der Waals surface area contributed by atoms with Gasteiger partial charge in [-0.25, -0.2) is 13.4 Å². The molecule has 0 atom stereocenters. The standard InChI is InChI=1S/C11H10BClN2O3S/c1-11(2,12)19(17,18)9-3-6-8(4-7(9)13)14-5-15-10(6)16/h3-5H,1-2H3,(H,14,15,16). The first-order valence-corrected chi connectivity index (χ1v) is 7.21. The summed E-state index contributed by atoms with van der Waals surface area (Å²) in [5.41, 5.74) is -0.115. The highest BCUT2D eigenvalue weighted by molar-refractivity contribution is 7.94. The molecule has 0 aliphatic carbocycles. The Balaban J connectivity index is 2.87. The molecule has 1 aromatic heterocycles. The van der Waals surface area contributed by atoms with Gasteiger partial charge in [0, 0.05) is 4.65 Å². The number of nitrogens with zero attached hydrogens (tertiary/aromatic N) is 1. The molecule has 0 amide bonds. The largest absolute Gasteiger partial charge is 0.313 e. The summed E-state index contributed by atoms with van der Waals surface area (Å²) in [6, 6.07) is 2.54. The molecule has 19 heavy (non-hydrogen) atoms. The van der Waals surface area contributed by atoms with Crippen LogP contribution in [0.2, 0.25) is 5.02 Å². The molecular weight excluding hydrogens is 286 g/mol. The third-order valence-corrected chi connectivity index (χ3v) is 5.40. The summed E-state index contributed by atoms with van der Waals surface area (Å²) < 4.78 is 23.1. The Bertz CT molecular complexity index is 809. The second-order valence-electron chi connectivity index (χ2n) is 4.64. The predicted octanol–water partition coefficient (Wildman–Crippen LogP) is 1.25. The number of H-pyrrole nitrogens is 1.